The van der Waals surface area contributed by atoms with Gasteiger partial charge in [-0.1, -0.05) is 118 Å². The van der Waals surface area contributed by atoms with Gasteiger partial charge in [0.1, 0.15) is 27.0 Å². The van der Waals surface area contributed by atoms with Gasteiger partial charge in [-0.15, -0.1) is 0 Å². The molecule has 2 aliphatic rings. The molecule has 0 aromatic carbocycles. The second kappa shape index (κ2) is 68.1. The van der Waals surface area contributed by atoms with Crippen molar-refractivity contribution in [1.29, 1.82) is 0 Å². The lowest BCUT2D eigenvalue weighted by Gasteiger charge is -2.26. The van der Waals surface area contributed by atoms with Crippen LogP contribution in [0.15, 0.2) is 0 Å². The first-order chi connectivity index (χ1) is 37.4. The summed E-state index contributed by atoms with van der Waals surface area (Å²) in [6, 6.07) is 0. The zero-order valence-electron chi connectivity index (χ0n) is 50.7. The van der Waals surface area contributed by atoms with Gasteiger partial charge in [0.05, 0.1) is 92.5 Å². The molecule has 0 N–H and O–H groups in total. The third kappa shape index (κ3) is 62.0. The molecule has 0 radical (unpaired) electrons. The van der Waals surface area contributed by atoms with Crippen molar-refractivity contribution in [1.82, 2.24) is 19.6 Å². The van der Waals surface area contributed by atoms with Gasteiger partial charge >= 0.3 is 5.97 Å². The van der Waals surface area contributed by atoms with Gasteiger partial charge in [-0.2, -0.15) is 0 Å². The van der Waals surface area contributed by atoms with Crippen molar-refractivity contribution in [2.24, 2.45) is 0 Å². The summed E-state index contributed by atoms with van der Waals surface area (Å²) in [6.07, 6.45) is 24.5. The molecule has 458 valence electrons. The monoisotopic (exact) mass is 1100 g/mol. The lowest BCUT2D eigenvalue weighted by molar-refractivity contribution is -0.144. The van der Waals surface area contributed by atoms with E-state index in [4.69, 9.17) is 61.6 Å². The standard InChI is InChI=1S/C18H35NO3.C15H33N.C13H27NO5.C12H27NO6/c1-2-3-4-5-6-7-8-9-10-11-18(20)22-17-14-19-12-15-21-16-13-19;1-4-7-10-13-16(14-11-8-5-2)15-12-9-6-3;1-15-8-9-18-12-13-19-11-10-17-7-4-14-2-5-16-6-3-14;1-14-10-17-7-4-13(5-8-18-11-15-2)6-9-19-12-16-3/h2-17H2,1H3;4-15H2,1-3H3;2-13H2,1H3;4-12H2,1-3H3. The molecule has 0 saturated carbocycles. The number of hydrogen-bond donors (Lipinski definition) is 0. The molecule has 0 aliphatic carbocycles. The fourth-order valence-corrected chi connectivity index (χ4v) is 7.90. The normalized spacial score (nSPS) is 14.0. The summed E-state index contributed by atoms with van der Waals surface area (Å²) in [6.45, 7) is 32.3. The van der Waals surface area contributed by atoms with Crippen molar-refractivity contribution in [3.63, 3.8) is 0 Å². The maximum Gasteiger partial charge on any atom is 0.305 e. The molecule has 0 aromatic heterocycles. The van der Waals surface area contributed by atoms with Gasteiger partial charge in [-0.3, -0.25) is 19.5 Å². The van der Waals surface area contributed by atoms with Crippen LogP contribution in [0, 0.1) is 0 Å². The summed E-state index contributed by atoms with van der Waals surface area (Å²) in [5, 5.41) is 0. The fourth-order valence-electron chi connectivity index (χ4n) is 7.90. The minimum Gasteiger partial charge on any atom is -0.464 e. The first-order valence-electron chi connectivity index (χ1n) is 30.1. The largest absolute Gasteiger partial charge is 0.464 e. The number of unbranched alkanes of at least 4 members (excludes halogenated alkanes) is 14. The Morgan fingerprint density at radius 2 is 0.711 bits per heavy atom. The van der Waals surface area contributed by atoms with Crippen LogP contribution < -0.4 is 0 Å². The predicted octanol–water partition coefficient (Wildman–Crippen LogP) is 8.81. The van der Waals surface area contributed by atoms with E-state index in [0.29, 0.717) is 92.9 Å². The van der Waals surface area contributed by atoms with E-state index in [2.05, 4.69) is 47.3 Å². The summed E-state index contributed by atoms with van der Waals surface area (Å²) in [5.74, 6) is -0.0313. The molecule has 0 atom stereocenters. The molecule has 0 bridgehead atoms. The number of carbonyl (C=O) groups is 1. The molecule has 0 aromatic rings. The summed E-state index contributed by atoms with van der Waals surface area (Å²) in [7, 11) is 6.48. The molecule has 18 heteroatoms. The Morgan fingerprint density at radius 1 is 0.368 bits per heavy atom. The van der Waals surface area contributed by atoms with Gasteiger partial charge in [0.2, 0.25) is 0 Å². The van der Waals surface area contributed by atoms with Crippen LogP contribution >= 0.6 is 0 Å². The molecule has 2 fully saturated rings. The highest BCUT2D eigenvalue weighted by Gasteiger charge is 2.12. The van der Waals surface area contributed by atoms with Crippen LogP contribution in [0.4, 0.5) is 0 Å². The number of carbonyl (C=O) groups excluding carboxylic acids is 1. The summed E-state index contributed by atoms with van der Waals surface area (Å²) < 4.78 is 67.2. The highest BCUT2D eigenvalue weighted by Crippen LogP contribution is 2.11. The van der Waals surface area contributed by atoms with Gasteiger partial charge in [0, 0.05) is 93.8 Å². The molecule has 0 unspecified atom stereocenters. The Balaban J connectivity index is 0. The second-order valence-electron chi connectivity index (χ2n) is 19.3. The zero-order valence-corrected chi connectivity index (χ0v) is 50.7. The first-order valence-corrected chi connectivity index (χ1v) is 30.1. The van der Waals surface area contributed by atoms with Crippen molar-refractivity contribution < 1.29 is 66.4 Å². The fraction of sp³-hybridized carbons (Fsp3) is 0.983. The van der Waals surface area contributed by atoms with Crippen molar-refractivity contribution in [2.75, 3.05) is 226 Å². The Hall–Kier alpha value is -1.17. The topological polar surface area (TPSA) is 150 Å². The van der Waals surface area contributed by atoms with E-state index in [-0.39, 0.29) is 5.97 Å². The molecule has 0 amide bonds. The Morgan fingerprint density at radius 3 is 1.11 bits per heavy atom. The van der Waals surface area contributed by atoms with Crippen LogP contribution in [0.2, 0.25) is 0 Å². The van der Waals surface area contributed by atoms with Crippen LogP contribution in [0.25, 0.3) is 0 Å². The van der Waals surface area contributed by atoms with Gasteiger partial charge in [-0.05, 0) is 45.3 Å². The number of morpholine rings is 2. The maximum atomic E-state index is 11.6. The van der Waals surface area contributed by atoms with Gasteiger partial charge in [-0.25, -0.2) is 0 Å². The molecule has 2 saturated heterocycles. The highest BCUT2D eigenvalue weighted by molar-refractivity contribution is 5.69. The lowest BCUT2D eigenvalue weighted by atomic mass is 10.1. The minimum atomic E-state index is -0.0313. The molecule has 2 heterocycles. The molecular formula is C58H122N4O14. The number of methoxy groups -OCH3 is 4. The zero-order chi connectivity index (χ0) is 55.7. The smallest absolute Gasteiger partial charge is 0.305 e. The van der Waals surface area contributed by atoms with Crippen LogP contribution in [0.3, 0.4) is 0 Å². The van der Waals surface area contributed by atoms with Gasteiger partial charge in [0.25, 0.3) is 0 Å². The maximum absolute atomic E-state index is 11.6. The SMILES string of the molecule is CCCCCCCCCCCC(=O)OCCN1CCOCC1.CCCCCN(CCCCC)CCCCC.COCCOCCOCCOCCN1CCOCC1.COCOCCN(CCOCOC)CCOCOC. The molecular weight excluding hydrogens is 977 g/mol. The number of esters is 1. The van der Waals surface area contributed by atoms with Crippen LogP contribution in [0.1, 0.15) is 150 Å². The van der Waals surface area contributed by atoms with Crippen molar-refractivity contribution in [2.45, 2.75) is 150 Å². The van der Waals surface area contributed by atoms with Crippen molar-refractivity contribution in [3.05, 3.63) is 0 Å². The number of nitrogens with zero attached hydrogens (tertiary/aromatic N) is 4. The molecule has 76 heavy (non-hydrogen) atoms. The van der Waals surface area contributed by atoms with Crippen molar-refractivity contribution in [3.8, 4) is 0 Å². The van der Waals surface area contributed by atoms with E-state index in [9.17, 15) is 4.79 Å². The molecule has 0 spiro atoms. The van der Waals surface area contributed by atoms with Crippen LogP contribution in [-0.4, -0.2) is 252 Å². The number of ether oxygens (including phenoxy) is 13. The quantitative estimate of drug-likeness (QED) is 0.0324. The summed E-state index contributed by atoms with van der Waals surface area (Å²) in [5.41, 5.74) is 0. The van der Waals surface area contributed by atoms with E-state index in [1.807, 2.05) is 0 Å². The minimum absolute atomic E-state index is 0.0313. The third-order valence-electron chi connectivity index (χ3n) is 12.6. The summed E-state index contributed by atoms with van der Waals surface area (Å²) in [4.78, 5) is 21.2. The third-order valence-corrected chi connectivity index (χ3v) is 12.6. The second-order valence-corrected chi connectivity index (χ2v) is 19.3. The lowest BCUT2D eigenvalue weighted by Crippen LogP contribution is -2.38. The van der Waals surface area contributed by atoms with Gasteiger partial charge < -0.3 is 66.5 Å². The number of hydrogen-bond acceptors (Lipinski definition) is 18. The van der Waals surface area contributed by atoms with Crippen molar-refractivity contribution >= 4 is 5.97 Å². The van der Waals surface area contributed by atoms with Crippen LogP contribution in [-0.2, 0) is 66.4 Å². The van der Waals surface area contributed by atoms with E-state index in [1.54, 1.807) is 28.4 Å². The average molecular weight is 1100 g/mol. The molecule has 2 rings (SSSR count). The van der Waals surface area contributed by atoms with Crippen LogP contribution in [0.5, 0.6) is 0 Å². The summed E-state index contributed by atoms with van der Waals surface area (Å²) >= 11 is 0. The molecule has 2 aliphatic heterocycles. The highest BCUT2D eigenvalue weighted by atomic mass is 16.7. The van der Waals surface area contributed by atoms with E-state index in [0.717, 1.165) is 105 Å². The Labute approximate surface area is 466 Å². The Bertz CT molecular complexity index is 1020. The van der Waals surface area contributed by atoms with E-state index in [1.165, 1.54) is 122 Å². The van der Waals surface area contributed by atoms with E-state index >= 15 is 0 Å². The Kier molecular flexibility index (Phi) is 68.9. The van der Waals surface area contributed by atoms with Gasteiger partial charge in [0.15, 0.2) is 0 Å². The first kappa shape index (κ1) is 76.9. The van der Waals surface area contributed by atoms with E-state index < -0.39 is 0 Å². The predicted molar refractivity (Wildman–Crippen MR) is 307 cm³/mol. The average Bonchev–Trinajstić information content (AvgIpc) is 3.44. The molecule has 18 nitrogen and oxygen atoms in total. The number of rotatable bonds is 52.